The number of morpholine rings is 1. The van der Waals surface area contributed by atoms with Gasteiger partial charge in [0.15, 0.2) is 0 Å². The second-order valence-corrected chi connectivity index (χ2v) is 8.55. The van der Waals surface area contributed by atoms with Crippen molar-refractivity contribution in [3.8, 4) is 0 Å². The molecule has 0 amide bonds. The number of para-hydroxylation sites is 2. The fourth-order valence-electron chi connectivity index (χ4n) is 3.04. The van der Waals surface area contributed by atoms with Gasteiger partial charge in [-0.05, 0) is 32.9 Å². The Bertz CT molecular complexity index is 846. The number of aromatic nitrogens is 2. The summed E-state index contributed by atoms with van der Waals surface area (Å²) in [6, 6.07) is 7.62. The van der Waals surface area contributed by atoms with Crippen molar-refractivity contribution in [2.24, 2.45) is 0 Å². The Kier molecular flexibility index (Phi) is 5.21. The maximum absolute atomic E-state index is 12.6. The quantitative estimate of drug-likeness (QED) is 0.871. The monoisotopic (exact) mass is 364 g/mol. The van der Waals surface area contributed by atoms with Crippen LogP contribution in [0.3, 0.4) is 0 Å². The fourth-order valence-corrected chi connectivity index (χ4v) is 4.53. The molecule has 25 heavy (non-hydrogen) atoms. The van der Waals surface area contributed by atoms with Crippen molar-refractivity contribution < 1.29 is 13.2 Å². The van der Waals surface area contributed by atoms with Crippen LogP contribution in [0, 0.1) is 6.92 Å². The molecule has 8 heteroatoms. The first kappa shape index (κ1) is 18.0. The molecule has 2 aromatic rings. The van der Waals surface area contributed by atoms with E-state index in [-0.39, 0.29) is 24.5 Å². The summed E-state index contributed by atoms with van der Waals surface area (Å²) in [4.78, 5) is 9.03. The maximum atomic E-state index is 12.6. The van der Waals surface area contributed by atoms with Crippen LogP contribution in [0.15, 0.2) is 24.3 Å². The van der Waals surface area contributed by atoms with E-state index in [4.69, 9.17) is 4.74 Å². The van der Waals surface area contributed by atoms with Crippen LogP contribution < -0.4 is 5.32 Å². The van der Waals surface area contributed by atoms with Crippen LogP contribution in [0.1, 0.15) is 19.5 Å². The van der Waals surface area contributed by atoms with Crippen LogP contribution in [0.25, 0.3) is 11.0 Å². The van der Waals surface area contributed by atoms with E-state index in [1.807, 2.05) is 45.0 Å². The minimum atomic E-state index is -3.33. The molecule has 0 saturated carbocycles. The van der Waals surface area contributed by atoms with Gasteiger partial charge in [-0.15, -0.1) is 0 Å². The SMILES string of the molecule is Cc1nc2ccccc2nc1NCCS(=O)(=O)N1CC(C)OC(C)C1. The minimum Gasteiger partial charge on any atom is -0.373 e. The smallest absolute Gasteiger partial charge is 0.216 e. The summed E-state index contributed by atoms with van der Waals surface area (Å²) in [5.41, 5.74) is 2.37. The highest BCUT2D eigenvalue weighted by atomic mass is 32.2. The molecule has 1 saturated heterocycles. The molecule has 1 aliphatic heterocycles. The highest BCUT2D eigenvalue weighted by Gasteiger charge is 2.30. The van der Waals surface area contributed by atoms with Crippen molar-refractivity contribution >= 4 is 26.9 Å². The molecule has 1 aromatic carbocycles. The highest BCUT2D eigenvalue weighted by Crippen LogP contribution is 2.17. The normalized spacial score (nSPS) is 22.2. The molecular formula is C17H24N4O3S. The summed E-state index contributed by atoms with van der Waals surface area (Å²) >= 11 is 0. The van der Waals surface area contributed by atoms with Crippen LogP contribution >= 0.6 is 0 Å². The minimum absolute atomic E-state index is 0.0143. The summed E-state index contributed by atoms with van der Waals surface area (Å²) in [5, 5.41) is 3.11. The molecule has 0 radical (unpaired) electrons. The molecule has 1 aromatic heterocycles. The number of benzene rings is 1. The van der Waals surface area contributed by atoms with Gasteiger partial charge in [0.05, 0.1) is 34.7 Å². The zero-order chi connectivity index (χ0) is 18.0. The topological polar surface area (TPSA) is 84.4 Å². The zero-order valence-corrected chi connectivity index (χ0v) is 15.6. The average Bonchev–Trinajstić information content (AvgIpc) is 2.54. The number of rotatable bonds is 5. The average molecular weight is 364 g/mol. The molecule has 0 aliphatic carbocycles. The second-order valence-electron chi connectivity index (χ2n) is 6.46. The van der Waals surface area contributed by atoms with Crippen LogP contribution in [0.5, 0.6) is 0 Å². The lowest BCUT2D eigenvalue weighted by molar-refractivity contribution is -0.0440. The molecule has 136 valence electrons. The number of nitrogens with zero attached hydrogens (tertiary/aromatic N) is 3. The molecule has 0 spiro atoms. The summed E-state index contributed by atoms with van der Waals surface area (Å²) < 4.78 is 32.2. The number of anilines is 1. The van der Waals surface area contributed by atoms with E-state index in [1.54, 1.807) is 0 Å². The first-order valence-electron chi connectivity index (χ1n) is 8.45. The van der Waals surface area contributed by atoms with Gasteiger partial charge in [-0.3, -0.25) is 0 Å². The van der Waals surface area contributed by atoms with Crippen LogP contribution in [-0.4, -0.2) is 60.3 Å². The third kappa shape index (κ3) is 4.26. The Labute approximate surface area is 148 Å². The lowest BCUT2D eigenvalue weighted by Crippen LogP contribution is -2.49. The molecule has 1 aliphatic rings. The van der Waals surface area contributed by atoms with Gasteiger partial charge in [0.2, 0.25) is 10.0 Å². The zero-order valence-electron chi connectivity index (χ0n) is 14.8. The summed E-state index contributed by atoms with van der Waals surface area (Å²) in [6.07, 6.45) is -0.167. The summed E-state index contributed by atoms with van der Waals surface area (Å²) in [6.45, 7) is 6.75. The van der Waals surface area contributed by atoms with E-state index in [1.165, 1.54) is 4.31 Å². The van der Waals surface area contributed by atoms with E-state index in [9.17, 15) is 8.42 Å². The Morgan fingerprint density at radius 3 is 2.40 bits per heavy atom. The molecule has 0 bridgehead atoms. The molecule has 3 rings (SSSR count). The first-order chi connectivity index (χ1) is 11.8. The largest absolute Gasteiger partial charge is 0.373 e. The molecule has 7 nitrogen and oxygen atoms in total. The molecule has 1 N–H and O–H groups in total. The third-order valence-electron chi connectivity index (χ3n) is 4.18. The van der Waals surface area contributed by atoms with Gasteiger partial charge in [0.25, 0.3) is 0 Å². The molecule has 2 unspecified atom stereocenters. The Balaban J connectivity index is 1.65. The Hall–Kier alpha value is -1.77. The fraction of sp³-hybridized carbons (Fsp3) is 0.529. The predicted molar refractivity (Wildman–Crippen MR) is 98.1 cm³/mol. The van der Waals surface area contributed by atoms with Gasteiger partial charge in [-0.1, -0.05) is 12.1 Å². The second kappa shape index (κ2) is 7.23. The highest BCUT2D eigenvalue weighted by molar-refractivity contribution is 7.89. The number of ether oxygens (including phenoxy) is 1. The Morgan fingerprint density at radius 2 is 1.76 bits per heavy atom. The predicted octanol–water partition coefficient (Wildman–Crippen LogP) is 1.79. The van der Waals surface area contributed by atoms with Gasteiger partial charge >= 0.3 is 0 Å². The molecule has 1 fully saturated rings. The van der Waals surface area contributed by atoms with Gasteiger partial charge in [0, 0.05) is 19.6 Å². The molecule has 2 heterocycles. The van der Waals surface area contributed by atoms with E-state index in [2.05, 4.69) is 15.3 Å². The van der Waals surface area contributed by atoms with Crippen LogP contribution in [0.4, 0.5) is 5.82 Å². The van der Waals surface area contributed by atoms with Crippen LogP contribution in [0.2, 0.25) is 0 Å². The lowest BCUT2D eigenvalue weighted by atomic mass is 10.3. The van der Waals surface area contributed by atoms with Crippen molar-refractivity contribution in [3.05, 3.63) is 30.0 Å². The van der Waals surface area contributed by atoms with E-state index < -0.39 is 10.0 Å². The lowest BCUT2D eigenvalue weighted by Gasteiger charge is -2.34. The van der Waals surface area contributed by atoms with Gasteiger partial charge in [0.1, 0.15) is 5.82 Å². The van der Waals surface area contributed by atoms with Crippen molar-refractivity contribution in [1.82, 2.24) is 14.3 Å². The van der Waals surface area contributed by atoms with Gasteiger partial charge in [-0.2, -0.15) is 4.31 Å². The number of sulfonamides is 1. The van der Waals surface area contributed by atoms with Gasteiger partial charge < -0.3 is 10.1 Å². The summed E-state index contributed by atoms with van der Waals surface area (Å²) in [5.74, 6) is 0.637. The summed E-state index contributed by atoms with van der Waals surface area (Å²) in [7, 11) is -3.33. The van der Waals surface area contributed by atoms with Crippen molar-refractivity contribution in [1.29, 1.82) is 0 Å². The number of hydrogen-bond donors (Lipinski definition) is 1. The number of nitrogens with one attached hydrogen (secondary N) is 1. The maximum Gasteiger partial charge on any atom is 0.216 e. The standard InChI is InChI=1S/C17H24N4O3S/c1-12-10-21(11-13(2)24-12)25(22,23)9-8-18-17-14(3)19-15-6-4-5-7-16(15)20-17/h4-7,12-13H,8-11H2,1-3H3,(H,18,20). The first-order valence-corrected chi connectivity index (χ1v) is 10.1. The van der Waals surface area contributed by atoms with E-state index >= 15 is 0 Å². The third-order valence-corrected chi connectivity index (χ3v) is 5.98. The van der Waals surface area contributed by atoms with Crippen molar-refractivity contribution in [3.63, 3.8) is 0 Å². The molecular weight excluding hydrogens is 340 g/mol. The van der Waals surface area contributed by atoms with Crippen molar-refractivity contribution in [2.45, 2.75) is 33.0 Å². The molecule has 2 atom stereocenters. The number of hydrogen-bond acceptors (Lipinski definition) is 6. The number of aryl methyl sites for hydroxylation is 1. The van der Waals surface area contributed by atoms with Crippen LogP contribution in [-0.2, 0) is 14.8 Å². The number of fused-ring (bicyclic) bond motifs is 1. The van der Waals surface area contributed by atoms with E-state index in [0.29, 0.717) is 18.9 Å². The van der Waals surface area contributed by atoms with E-state index in [0.717, 1.165) is 16.7 Å². The Morgan fingerprint density at radius 1 is 1.16 bits per heavy atom. The van der Waals surface area contributed by atoms with Crippen molar-refractivity contribution in [2.75, 3.05) is 30.7 Å². The van der Waals surface area contributed by atoms with Gasteiger partial charge in [-0.25, -0.2) is 18.4 Å².